The number of aromatic amines is 1. The number of amides is 3. The Morgan fingerprint density at radius 1 is 0.889 bits per heavy atom. The first-order valence-corrected chi connectivity index (χ1v) is 10.8. The number of hydrogen-bond donors (Lipinski definition) is 8. The van der Waals surface area contributed by atoms with Crippen LogP contribution in [0.4, 0.5) is 0 Å². The fourth-order valence-electron chi connectivity index (χ4n) is 3.17. The summed E-state index contributed by atoms with van der Waals surface area (Å²) in [6.45, 7) is -0.868. The Balaban J connectivity index is 2.25. The third-order valence-electron chi connectivity index (χ3n) is 5.06. The average Bonchev–Trinajstić information content (AvgIpc) is 3.34. The van der Waals surface area contributed by atoms with Crippen LogP contribution in [0.25, 0.3) is 0 Å². The van der Waals surface area contributed by atoms with Gasteiger partial charge in [0, 0.05) is 24.7 Å². The summed E-state index contributed by atoms with van der Waals surface area (Å²) in [5.41, 5.74) is 6.70. The highest BCUT2D eigenvalue weighted by atomic mass is 16.4. The number of nitrogens with one attached hydrogen (secondary N) is 4. The van der Waals surface area contributed by atoms with Crippen LogP contribution in [0.1, 0.15) is 17.7 Å². The first-order chi connectivity index (χ1) is 17.1. The number of carboxylic acid groups (broad SMARTS) is 2. The van der Waals surface area contributed by atoms with Gasteiger partial charge in [-0.15, -0.1) is 0 Å². The summed E-state index contributed by atoms with van der Waals surface area (Å²) in [6, 6.07) is 2.99. The standard InChI is InChI=1S/C22H28N6O8/c23-14(8-18(30)31)19(32)26-16(7-13-9-24-11-25-13)21(34)27-15(6-12-4-2-1-3-5-12)20(33)28-17(10-29)22(35)36/h1-5,9,11,14-17,29H,6-8,10,23H2,(H,24,25)(H,26,32)(H,27,34)(H,28,33)(H,30,31)(H,35,36). The van der Waals surface area contributed by atoms with E-state index in [2.05, 4.69) is 25.9 Å². The van der Waals surface area contributed by atoms with Gasteiger partial charge < -0.3 is 42.0 Å². The van der Waals surface area contributed by atoms with Crippen LogP contribution in [0.5, 0.6) is 0 Å². The van der Waals surface area contributed by atoms with Crippen LogP contribution >= 0.6 is 0 Å². The van der Waals surface area contributed by atoms with Crippen LogP contribution < -0.4 is 21.7 Å². The summed E-state index contributed by atoms with van der Waals surface area (Å²) in [5.74, 6) is -5.35. The fourth-order valence-corrected chi connectivity index (χ4v) is 3.17. The van der Waals surface area contributed by atoms with Crippen LogP contribution in [-0.4, -0.2) is 85.7 Å². The van der Waals surface area contributed by atoms with E-state index in [1.165, 1.54) is 12.5 Å². The topological polar surface area (TPSA) is 237 Å². The van der Waals surface area contributed by atoms with Crippen LogP contribution in [0.15, 0.2) is 42.9 Å². The number of carboxylic acids is 2. The number of aliphatic hydroxyl groups is 1. The van der Waals surface area contributed by atoms with E-state index in [-0.39, 0.29) is 12.8 Å². The second kappa shape index (κ2) is 13.6. The number of rotatable bonds is 14. The molecular weight excluding hydrogens is 476 g/mol. The summed E-state index contributed by atoms with van der Waals surface area (Å²) in [5, 5.41) is 34.3. The summed E-state index contributed by atoms with van der Waals surface area (Å²) in [6.07, 6.45) is 1.98. The number of hydrogen-bond acceptors (Lipinski definition) is 8. The Morgan fingerprint density at radius 2 is 1.47 bits per heavy atom. The van der Waals surface area contributed by atoms with Gasteiger partial charge in [-0.25, -0.2) is 9.78 Å². The quantitative estimate of drug-likeness (QED) is 0.135. The van der Waals surface area contributed by atoms with Crippen LogP contribution in [0.3, 0.4) is 0 Å². The number of imidazole rings is 1. The summed E-state index contributed by atoms with van der Waals surface area (Å²) in [7, 11) is 0. The molecule has 194 valence electrons. The minimum absolute atomic E-state index is 0.0283. The monoisotopic (exact) mass is 504 g/mol. The molecule has 2 rings (SSSR count). The molecule has 0 spiro atoms. The minimum Gasteiger partial charge on any atom is -0.481 e. The number of carbonyl (C=O) groups excluding carboxylic acids is 3. The molecule has 0 bridgehead atoms. The second-order valence-corrected chi connectivity index (χ2v) is 7.88. The smallest absolute Gasteiger partial charge is 0.328 e. The molecular formula is C22H28N6O8. The van der Waals surface area contributed by atoms with Gasteiger partial charge in [0.25, 0.3) is 0 Å². The molecule has 4 atom stereocenters. The highest BCUT2D eigenvalue weighted by Crippen LogP contribution is 2.06. The first-order valence-electron chi connectivity index (χ1n) is 10.8. The molecule has 0 saturated heterocycles. The lowest BCUT2D eigenvalue weighted by molar-refractivity contribution is -0.143. The van der Waals surface area contributed by atoms with Crippen LogP contribution in [0.2, 0.25) is 0 Å². The molecule has 1 heterocycles. The summed E-state index contributed by atoms with van der Waals surface area (Å²) >= 11 is 0. The van der Waals surface area contributed by atoms with E-state index >= 15 is 0 Å². The van der Waals surface area contributed by atoms with Crippen molar-refractivity contribution in [2.45, 2.75) is 43.4 Å². The minimum atomic E-state index is -1.60. The highest BCUT2D eigenvalue weighted by molar-refractivity contribution is 5.95. The van der Waals surface area contributed by atoms with Crippen molar-refractivity contribution in [2.24, 2.45) is 5.73 Å². The largest absolute Gasteiger partial charge is 0.481 e. The Labute approximate surface area is 205 Å². The zero-order valence-corrected chi connectivity index (χ0v) is 19.1. The Kier molecular flexibility index (Phi) is 10.5. The van der Waals surface area contributed by atoms with Gasteiger partial charge in [0.15, 0.2) is 0 Å². The van der Waals surface area contributed by atoms with Crippen molar-refractivity contribution >= 4 is 29.7 Å². The maximum Gasteiger partial charge on any atom is 0.328 e. The van der Waals surface area contributed by atoms with Crippen molar-refractivity contribution < 1.29 is 39.3 Å². The summed E-state index contributed by atoms with van der Waals surface area (Å²) < 4.78 is 0. The SMILES string of the molecule is NC(CC(=O)O)C(=O)NC(Cc1cnc[nH]1)C(=O)NC(Cc1ccccc1)C(=O)NC(CO)C(=O)O. The molecule has 1 aromatic carbocycles. The second-order valence-electron chi connectivity index (χ2n) is 7.88. The van der Waals surface area contributed by atoms with E-state index in [9.17, 15) is 29.1 Å². The number of nitrogens with zero attached hydrogens (tertiary/aromatic N) is 1. The number of benzene rings is 1. The predicted molar refractivity (Wildman–Crippen MR) is 123 cm³/mol. The van der Waals surface area contributed by atoms with E-state index in [1.807, 2.05) is 0 Å². The molecule has 4 unspecified atom stereocenters. The Morgan fingerprint density at radius 3 is 2.00 bits per heavy atom. The lowest BCUT2D eigenvalue weighted by atomic mass is 10.0. The number of aromatic nitrogens is 2. The van der Waals surface area contributed by atoms with Gasteiger partial charge in [-0.1, -0.05) is 30.3 Å². The van der Waals surface area contributed by atoms with Crippen molar-refractivity contribution in [3.63, 3.8) is 0 Å². The normalized spacial score (nSPS) is 14.1. The summed E-state index contributed by atoms with van der Waals surface area (Å²) in [4.78, 5) is 67.2. The molecule has 36 heavy (non-hydrogen) atoms. The molecule has 1 aromatic heterocycles. The molecule has 2 aromatic rings. The highest BCUT2D eigenvalue weighted by Gasteiger charge is 2.31. The van der Waals surface area contributed by atoms with Crippen molar-refractivity contribution in [2.75, 3.05) is 6.61 Å². The molecule has 0 radical (unpaired) electrons. The molecule has 14 heteroatoms. The number of nitrogens with two attached hydrogens (primary N) is 1. The molecule has 0 aliphatic rings. The Bertz CT molecular complexity index is 1050. The van der Waals surface area contributed by atoms with E-state index in [0.717, 1.165) is 0 Å². The van der Waals surface area contributed by atoms with Gasteiger partial charge in [-0.05, 0) is 5.56 Å². The van der Waals surface area contributed by atoms with Gasteiger partial charge in [-0.2, -0.15) is 0 Å². The molecule has 14 nitrogen and oxygen atoms in total. The number of carbonyl (C=O) groups is 5. The molecule has 3 amide bonds. The maximum absolute atomic E-state index is 13.2. The van der Waals surface area contributed by atoms with E-state index in [0.29, 0.717) is 11.3 Å². The Hall–Kier alpha value is -4.30. The van der Waals surface area contributed by atoms with Gasteiger partial charge >= 0.3 is 11.9 Å². The van der Waals surface area contributed by atoms with Crippen molar-refractivity contribution in [3.05, 3.63) is 54.1 Å². The molecule has 0 fully saturated rings. The number of aliphatic carboxylic acids is 2. The third-order valence-corrected chi connectivity index (χ3v) is 5.06. The lowest BCUT2D eigenvalue weighted by Crippen LogP contribution is -2.58. The lowest BCUT2D eigenvalue weighted by Gasteiger charge is -2.25. The van der Waals surface area contributed by atoms with Crippen molar-refractivity contribution in [3.8, 4) is 0 Å². The van der Waals surface area contributed by atoms with Gasteiger partial charge in [-0.3, -0.25) is 19.2 Å². The zero-order chi connectivity index (χ0) is 26.7. The molecule has 0 saturated carbocycles. The zero-order valence-electron chi connectivity index (χ0n) is 19.1. The predicted octanol–water partition coefficient (Wildman–Crippen LogP) is -2.47. The number of H-pyrrole nitrogens is 1. The van der Waals surface area contributed by atoms with Gasteiger partial charge in [0.05, 0.1) is 25.4 Å². The van der Waals surface area contributed by atoms with Crippen LogP contribution in [0, 0.1) is 0 Å². The number of aliphatic hydroxyl groups excluding tert-OH is 1. The molecule has 0 aliphatic carbocycles. The fraction of sp³-hybridized carbons (Fsp3) is 0.364. The average molecular weight is 505 g/mol. The van der Waals surface area contributed by atoms with E-state index in [4.69, 9.17) is 15.9 Å². The van der Waals surface area contributed by atoms with Crippen LogP contribution in [-0.2, 0) is 36.8 Å². The van der Waals surface area contributed by atoms with Crippen molar-refractivity contribution in [1.82, 2.24) is 25.9 Å². The van der Waals surface area contributed by atoms with E-state index in [1.54, 1.807) is 30.3 Å². The molecule has 0 aliphatic heterocycles. The van der Waals surface area contributed by atoms with Crippen molar-refractivity contribution in [1.29, 1.82) is 0 Å². The molecule has 9 N–H and O–H groups in total. The maximum atomic E-state index is 13.2. The van der Waals surface area contributed by atoms with E-state index < -0.39 is 66.9 Å². The van der Waals surface area contributed by atoms with Gasteiger partial charge in [0.2, 0.25) is 17.7 Å². The first kappa shape index (κ1) is 27.9. The third kappa shape index (κ3) is 8.81. The van der Waals surface area contributed by atoms with Gasteiger partial charge in [0.1, 0.15) is 18.1 Å².